The molecular formula is C13H16F3N. The summed E-state index contributed by atoms with van der Waals surface area (Å²) >= 11 is 0. The summed E-state index contributed by atoms with van der Waals surface area (Å²) in [5.41, 5.74) is 0.321. The molecule has 0 bridgehead atoms. The van der Waals surface area contributed by atoms with Gasteiger partial charge in [-0.3, -0.25) is 0 Å². The first-order valence-electron chi connectivity index (χ1n) is 5.78. The van der Waals surface area contributed by atoms with Crippen LogP contribution in [0.5, 0.6) is 0 Å². The van der Waals surface area contributed by atoms with Crippen molar-refractivity contribution >= 4 is 0 Å². The van der Waals surface area contributed by atoms with Crippen LogP contribution < -0.4 is 5.32 Å². The zero-order valence-electron chi connectivity index (χ0n) is 9.99. The quantitative estimate of drug-likeness (QED) is 0.835. The molecule has 17 heavy (non-hydrogen) atoms. The van der Waals surface area contributed by atoms with Crippen molar-refractivity contribution in [3.63, 3.8) is 0 Å². The molecule has 0 spiro atoms. The highest BCUT2D eigenvalue weighted by molar-refractivity contribution is 5.37. The van der Waals surface area contributed by atoms with Gasteiger partial charge in [-0.05, 0) is 50.4 Å². The third-order valence-corrected chi connectivity index (χ3v) is 3.56. The van der Waals surface area contributed by atoms with E-state index in [9.17, 15) is 13.2 Å². The summed E-state index contributed by atoms with van der Waals surface area (Å²) in [5.74, 6) is -0.801. The first-order valence-corrected chi connectivity index (χ1v) is 5.78. The zero-order valence-corrected chi connectivity index (χ0v) is 9.99. The minimum atomic E-state index is -2.76. The number of halogens is 3. The third-order valence-electron chi connectivity index (χ3n) is 3.56. The highest BCUT2D eigenvalue weighted by atomic mass is 19.3. The fraction of sp³-hybridized carbons (Fsp3) is 0.538. The van der Waals surface area contributed by atoms with Gasteiger partial charge in [0.1, 0.15) is 5.82 Å². The van der Waals surface area contributed by atoms with E-state index in [1.165, 1.54) is 13.0 Å². The Morgan fingerprint density at radius 1 is 1.35 bits per heavy atom. The van der Waals surface area contributed by atoms with Gasteiger partial charge in [0, 0.05) is 5.54 Å². The Bertz CT molecular complexity index is 400. The van der Waals surface area contributed by atoms with Crippen molar-refractivity contribution in [1.29, 1.82) is 0 Å². The minimum absolute atomic E-state index is 0.285. The SMILES string of the molecule is Cc1cc(C2(C)CCCN2)cc(F)c1C(F)F. The van der Waals surface area contributed by atoms with Crippen LogP contribution in [0.4, 0.5) is 13.2 Å². The van der Waals surface area contributed by atoms with Gasteiger partial charge < -0.3 is 5.32 Å². The first-order chi connectivity index (χ1) is 7.94. The molecule has 1 saturated heterocycles. The van der Waals surface area contributed by atoms with Crippen LogP contribution in [0.2, 0.25) is 0 Å². The van der Waals surface area contributed by atoms with Crippen molar-refractivity contribution in [2.45, 2.75) is 38.7 Å². The van der Waals surface area contributed by atoms with Crippen LogP contribution in [0.3, 0.4) is 0 Å². The van der Waals surface area contributed by atoms with Gasteiger partial charge >= 0.3 is 0 Å². The fourth-order valence-electron chi connectivity index (χ4n) is 2.49. The maximum Gasteiger partial charge on any atom is 0.266 e. The number of alkyl halides is 2. The van der Waals surface area contributed by atoms with Crippen LogP contribution >= 0.6 is 0 Å². The summed E-state index contributed by atoms with van der Waals surface area (Å²) in [5, 5.41) is 3.30. The van der Waals surface area contributed by atoms with E-state index in [1.807, 2.05) is 6.92 Å². The van der Waals surface area contributed by atoms with Crippen molar-refractivity contribution in [1.82, 2.24) is 5.32 Å². The summed E-state index contributed by atoms with van der Waals surface area (Å²) in [6, 6.07) is 2.91. The summed E-state index contributed by atoms with van der Waals surface area (Å²) in [4.78, 5) is 0. The molecule has 1 aromatic carbocycles. The van der Waals surface area contributed by atoms with Crippen molar-refractivity contribution < 1.29 is 13.2 Å². The fourth-order valence-corrected chi connectivity index (χ4v) is 2.49. The van der Waals surface area contributed by atoms with Gasteiger partial charge in [0.2, 0.25) is 0 Å². The molecule has 1 aromatic rings. The van der Waals surface area contributed by atoms with Crippen molar-refractivity contribution in [3.8, 4) is 0 Å². The van der Waals surface area contributed by atoms with Crippen LogP contribution in [0.25, 0.3) is 0 Å². The maximum atomic E-state index is 13.7. The highest BCUT2D eigenvalue weighted by Crippen LogP contribution is 2.34. The molecule has 1 nitrogen and oxygen atoms in total. The van der Waals surface area contributed by atoms with Gasteiger partial charge in [-0.15, -0.1) is 0 Å². The lowest BCUT2D eigenvalue weighted by Crippen LogP contribution is -2.33. The monoisotopic (exact) mass is 243 g/mol. The Morgan fingerprint density at radius 3 is 2.53 bits per heavy atom. The number of nitrogens with one attached hydrogen (secondary N) is 1. The van der Waals surface area contributed by atoms with Gasteiger partial charge in [-0.1, -0.05) is 6.07 Å². The van der Waals surface area contributed by atoms with E-state index in [0.717, 1.165) is 24.9 Å². The Labute approximate surface area is 99.0 Å². The Hall–Kier alpha value is -1.03. The molecule has 0 radical (unpaired) electrons. The minimum Gasteiger partial charge on any atom is -0.308 e. The van der Waals surface area contributed by atoms with E-state index in [1.54, 1.807) is 6.07 Å². The van der Waals surface area contributed by atoms with Crippen LogP contribution in [-0.2, 0) is 5.54 Å². The Morgan fingerprint density at radius 2 is 2.06 bits per heavy atom. The van der Waals surface area contributed by atoms with Crippen molar-refractivity contribution in [3.05, 3.63) is 34.6 Å². The molecule has 0 aromatic heterocycles. The van der Waals surface area contributed by atoms with E-state index < -0.39 is 17.8 Å². The summed E-state index contributed by atoms with van der Waals surface area (Å²) in [6.07, 6.45) is -0.832. The van der Waals surface area contributed by atoms with Crippen LogP contribution in [-0.4, -0.2) is 6.54 Å². The van der Waals surface area contributed by atoms with E-state index in [2.05, 4.69) is 5.32 Å². The molecule has 4 heteroatoms. The highest BCUT2D eigenvalue weighted by Gasteiger charge is 2.31. The number of aryl methyl sites for hydroxylation is 1. The zero-order chi connectivity index (χ0) is 12.6. The van der Waals surface area contributed by atoms with E-state index in [4.69, 9.17) is 0 Å². The van der Waals surface area contributed by atoms with E-state index in [0.29, 0.717) is 5.56 Å². The van der Waals surface area contributed by atoms with Gasteiger partial charge in [0.15, 0.2) is 0 Å². The molecule has 0 saturated carbocycles. The Balaban J connectivity index is 2.45. The maximum absolute atomic E-state index is 13.7. The largest absolute Gasteiger partial charge is 0.308 e. The molecule has 0 amide bonds. The van der Waals surface area contributed by atoms with Crippen LogP contribution in [0, 0.1) is 12.7 Å². The van der Waals surface area contributed by atoms with Crippen molar-refractivity contribution in [2.24, 2.45) is 0 Å². The molecule has 2 rings (SSSR count). The molecule has 1 N–H and O–H groups in total. The molecule has 94 valence electrons. The molecule has 1 heterocycles. The van der Waals surface area contributed by atoms with Crippen LogP contribution in [0.1, 0.15) is 42.9 Å². The smallest absolute Gasteiger partial charge is 0.266 e. The average molecular weight is 243 g/mol. The molecule has 0 aliphatic carbocycles. The summed E-state index contributed by atoms with van der Waals surface area (Å²) in [7, 11) is 0. The second-order valence-corrected chi connectivity index (χ2v) is 4.85. The molecule has 1 fully saturated rings. The lowest BCUT2D eigenvalue weighted by Gasteiger charge is -2.26. The van der Waals surface area contributed by atoms with Gasteiger partial charge in [0.25, 0.3) is 6.43 Å². The number of hydrogen-bond acceptors (Lipinski definition) is 1. The molecule has 1 aliphatic rings. The molecular weight excluding hydrogens is 227 g/mol. The van der Waals surface area contributed by atoms with E-state index >= 15 is 0 Å². The first kappa shape index (κ1) is 12.4. The molecule has 1 unspecified atom stereocenters. The standard InChI is InChI=1S/C13H16F3N/c1-8-6-9(13(2)4-3-5-17-13)7-10(14)11(8)12(15)16/h6-7,12,17H,3-5H2,1-2H3. The van der Waals surface area contributed by atoms with Gasteiger partial charge in [-0.25, -0.2) is 13.2 Å². The molecule has 1 atom stereocenters. The van der Waals surface area contributed by atoms with Gasteiger partial charge in [-0.2, -0.15) is 0 Å². The van der Waals surface area contributed by atoms with Crippen molar-refractivity contribution in [2.75, 3.05) is 6.54 Å². The second-order valence-electron chi connectivity index (χ2n) is 4.85. The summed E-state index contributed by atoms with van der Waals surface area (Å²) in [6.45, 7) is 4.40. The Kier molecular flexibility index (Phi) is 3.17. The lowest BCUT2D eigenvalue weighted by molar-refractivity contribution is 0.145. The number of benzene rings is 1. The van der Waals surface area contributed by atoms with E-state index in [-0.39, 0.29) is 5.54 Å². The molecule has 1 aliphatic heterocycles. The normalized spacial score (nSPS) is 24.6. The topological polar surface area (TPSA) is 12.0 Å². The predicted octanol–water partition coefficient (Wildman–Crippen LogP) is 3.67. The number of rotatable bonds is 2. The summed E-state index contributed by atoms with van der Waals surface area (Å²) < 4.78 is 39.0. The third kappa shape index (κ3) is 2.18. The van der Waals surface area contributed by atoms with Gasteiger partial charge in [0.05, 0.1) is 5.56 Å². The van der Waals surface area contributed by atoms with Crippen LogP contribution in [0.15, 0.2) is 12.1 Å². The predicted molar refractivity (Wildman–Crippen MR) is 60.7 cm³/mol. The number of hydrogen-bond donors (Lipinski definition) is 1. The second kappa shape index (κ2) is 4.33. The lowest BCUT2D eigenvalue weighted by atomic mass is 9.88. The average Bonchev–Trinajstić information content (AvgIpc) is 2.64.